The number of amides is 1. The highest BCUT2D eigenvalue weighted by Crippen LogP contribution is 2.27. The van der Waals surface area contributed by atoms with Gasteiger partial charge in [-0.1, -0.05) is 48.5 Å². The summed E-state index contributed by atoms with van der Waals surface area (Å²) < 4.78 is 6.19. The first-order chi connectivity index (χ1) is 11.2. The predicted molar refractivity (Wildman–Crippen MR) is 101 cm³/mol. The molecule has 3 rings (SSSR count). The number of nitrogens with one attached hydrogen (secondary N) is 1. The Morgan fingerprint density at radius 3 is 2.43 bits per heavy atom. The lowest BCUT2D eigenvalue weighted by atomic mass is 10.0. The van der Waals surface area contributed by atoms with Crippen molar-refractivity contribution in [2.24, 2.45) is 0 Å². The van der Waals surface area contributed by atoms with Gasteiger partial charge in [-0.25, -0.2) is 0 Å². The number of halogens is 1. The summed E-state index contributed by atoms with van der Waals surface area (Å²) in [6.07, 6.45) is 3.12. The van der Waals surface area contributed by atoms with E-state index in [0.29, 0.717) is 5.76 Å². The molecule has 0 spiro atoms. The van der Waals surface area contributed by atoms with Gasteiger partial charge in [-0.3, -0.25) is 4.79 Å². The molecule has 1 amide bonds. The maximum absolute atomic E-state index is 12.1. The molecule has 0 aliphatic rings. The van der Waals surface area contributed by atoms with Gasteiger partial charge in [0.25, 0.3) is 0 Å². The lowest BCUT2D eigenvalue weighted by molar-refractivity contribution is -0.111. The Bertz CT molecular complexity index is 837. The van der Waals surface area contributed by atoms with E-state index in [1.165, 1.54) is 6.08 Å². The highest BCUT2D eigenvalue weighted by atomic mass is 127. The Kier molecular flexibility index (Phi) is 4.92. The monoisotopic (exact) mass is 415 g/mol. The number of hydrogen-bond acceptors (Lipinski definition) is 2. The lowest BCUT2D eigenvalue weighted by Gasteiger charge is -2.09. The van der Waals surface area contributed by atoms with Crippen molar-refractivity contribution < 1.29 is 9.21 Å². The van der Waals surface area contributed by atoms with E-state index in [-0.39, 0.29) is 5.91 Å². The molecule has 1 aromatic heterocycles. The summed E-state index contributed by atoms with van der Waals surface area (Å²) >= 11 is 2.09. The minimum atomic E-state index is -0.195. The van der Waals surface area contributed by atoms with Gasteiger partial charge in [-0.05, 0) is 52.4 Å². The van der Waals surface area contributed by atoms with Gasteiger partial charge >= 0.3 is 0 Å². The molecule has 1 heterocycles. The highest BCUT2D eigenvalue weighted by Gasteiger charge is 2.06. The molecule has 3 aromatic rings. The van der Waals surface area contributed by atoms with Gasteiger partial charge in [-0.15, -0.1) is 0 Å². The maximum Gasteiger partial charge on any atom is 0.248 e. The Hall–Kier alpha value is -2.34. The summed E-state index contributed by atoms with van der Waals surface area (Å²) in [7, 11) is 0. The molecule has 0 saturated heterocycles. The second-order valence-corrected chi connectivity index (χ2v) is 5.94. The van der Waals surface area contributed by atoms with Crippen LogP contribution >= 0.6 is 22.6 Å². The summed E-state index contributed by atoms with van der Waals surface area (Å²) in [4.78, 5) is 12.1. The number of rotatable bonds is 4. The Balaban J connectivity index is 1.78. The van der Waals surface area contributed by atoms with Gasteiger partial charge in [0.1, 0.15) is 5.76 Å². The quantitative estimate of drug-likeness (QED) is 0.470. The highest BCUT2D eigenvalue weighted by molar-refractivity contribution is 14.1. The van der Waals surface area contributed by atoms with E-state index in [1.54, 1.807) is 6.08 Å². The van der Waals surface area contributed by atoms with Crippen LogP contribution in [0.4, 0.5) is 5.69 Å². The fourth-order valence-electron chi connectivity index (χ4n) is 2.21. The molecule has 4 heteroatoms. The molecule has 2 aromatic carbocycles. The van der Waals surface area contributed by atoms with Gasteiger partial charge in [0.15, 0.2) is 3.77 Å². The average molecular weight is 415 g/mol. The summed E-state index contributed by atoms with van der Waals surface area (Å²) in [5.41, 5.74) is 2.83. The molecular formula is C19H14INO2. The van der Waals surface area contributed by atoms with Crippen molar-refractivity contribution in [3.8, 4) is 11.1 Å². The van der Waals surface area contributed by atoms with Crippen molar-refractivity contribution in [2.75, 3.05) is 5.32 Å². The Morgan fingerprint density at radius 1 is 0.957 bits per heavy atom. The van der Waals surface area contributed by atoms with Crippen LogP contribution in [0.2, 0.25) is 0 Å². The SMILES string of the molecule is O=C(/C=C/c1ccc(I)o1)Nc1ccccc1-c1ccccc1. The van der Waals surface area contributed by atoms with Gasteiger partial charge in [-0.2, -0.15) is 0 Å². The van der Waals surface area contributed by atoms with Gasteiger partial charge in [0, 0.05) is 17.3 Å². The standard InChI is InChI=1S/C19H14INO2/c20-18-12-10-15(23-18)11-13-19(22)21-17-9-5-4-8-16(17)14-6-2-1-3-7-14/h1-13H,(H,21,22)/b13-11+. The smallest absolute Gasteiger partial charge is 0.248 e. The molecular weight excluding hydrogens is 401 g/mol. The van der Waals surface area contributed by atoms with Crippen molar-refractivity contribution in [1.29, 1.82) is 0 Å². The topological polar surface area (TPSA) is 42.2 Å². The van der Waals surface area contributed by atoms with Crippen LogP contribution in [0.3, 0.4) is 0 Å². The summed E-state index contributed by atoms with van der Waals surface area (Å²) in [6, 6.07) is 21.4. The van der Waals surface area contributed by atoms with Crippen molar-refractivity contribution in [3.63, 3.8) is 0 Å². The summed E-state index contributed by atoms with van der Waals surface area (Å²) in [5.74, 6) is 0.459. The van der Waals surface area contributed by atoms with Crippen LogP contribution in [-0.2, 0) is 4.79 Å². The van der Waals surface area contributed by atoms with Crippen LogP contribution in [0.15, 0.2) is 77.2 Å². The third kappa shape index (κ3) is 4.10. The molecule has 1 N–H and O–H groups in total. The third-order valence-electron chi connectivity index (χ3n) is 3.26. The van der Waals surface area contributed by atoms with Crippen LogP contribution in [0.5, 0.6) is 0 Å². The fourth-order valence-corrected chi connectivity index (χ4v) is 2.65. The minimum absolute atomic E-state index is 0.195. The van der Waals surface area contributed by atoms with Crippen LogP contribution in [-0.4, -0.2) is 5.91 Å². The normalized spacial score (nSPS) is 10.8. The fraction of sp³-hybridized carbons (Fsp3) is 0. The molecule has 3 nitrogen and oxygen atoms in total. The zero-order valence-electron chi connectivity index (χ0n) is 12.2. The van der Waals surface area contributed by atoms with E-state index in [1.807, 2.05) is 66.7 Å². The molecule has 0 aliphatic carbocycles. The van der Waals surface area contributed by atoms with E-state index < -0.39 is 0 Å². The third-order valence-corrected chi connectivity index (χ3v) is 3.84. The molecule has 0 radical (unpaired) electrons. The number of para-hydroxylation sites is 1. The van der Waals surface area contributed by atoms with Crippen LogP contribution < -0.4 is 5.32 Å². The van der Waals surface area contributed by atoms with Crippen LogP contribution in [0, 0.1) is 3.77 Å². The number of benzene rings is 2. The number of carbonyl (C=O) groups excluding carboxylic acids is 1. The maximum atomic E-state index is 12.1. The van der Waals surface area contributed by atoms with E-state index in [4.69, 9.17) is 4.42 Å². The van der Waals surface area contributed by atoms with Crippen molar-refractivity contribution in [3.05, 3.63) is 82.3 Å². The molecule has 0 aliphatic heterocycles. The summed E-state index contributed by atoms with van der Waals surface area (Å²) in [6.45, 7) is 0. The minimum Gasteiger partial charge on any atom is -0.451 e. The van der Waals surface area contributed by atoms with E-state index in [2.05, 4.69) is 27.9 Å². The van der Waals surface area contributed by atoms with Gasteiger partial charge in [0.05, 0.1) is 0 Å². The first kappa shape index (κ1) is 15.6. The molecule has 23 heavy (non-hydrogen) atoms. The van der Waals surface area contributed by atoms with E-state index in [9.17, 15) is 4.79 Å². The average Bonchev–Trinajstić information content (AvgIpc) is 3.00. The van der Waals surface area contributed by atoms with Crippen LogP contribution in [0.25, 0.3) is 17.2 Å². The van der Waals surface area contributed by atoms with Crippen molar-refractivity contribution in [2.45, 2.75) is 0 Å². The van der Waals surface area contributed by atoms with Gasteiger partial charge in [0.2, 0.25) is 5.91 Å². The van der Waals surface area contributed by atoms with Gasteiger partial charge < -0.3 is 9.73 Å². The van der Waals surface area contributed by atoms with Crippen LogP contribution in [0.1, 0.15) is 5.76 Å². The molecule has 0 fully saturated rings. The molecule has 0 atom stereocenters. The Labute approximate surface area is 148 Å². The summed E-state index contributed by atoms with van der Waals surface area (Å²) in [5, 5.41) is 2.92. The molecule has 114 valence electrons. The second kappa shape index (κ2) is 7.28. The van der Waals surface area contributed by atoms with Crippen molar-refractivity contribution in [1.82, 2.24) is 0 Å². The largest absolute Gasteiger partial charge is 0.451 e. The molecule has 0 saturated carbocycles. The number of hydrogen-bond donors (Lipinski definition) is 1. The van der Waals surface area contributed by atoms with Crippen molar-refractivity contribution >= 4 is 40.3 Å². The van der Waals surface area contributed by atoms with E-state index in [0.717, 1.165) is 20.6 Å². The lowest BCUT2D eigenvalue weighted by Crippen LogP contribution is -2.08. The first-order valence-electron chi connectivity index (χ1n) is 7.11. The first-order valence-corrected chi connectivity index (χ1v) is 8.19. The number of anilines is 1. The number of furan rings is 1. The predicted octanol–water partition coefficient (Wildman–Crippen LogP) is 5.20. The Morgan fingerprint density at radius 2 is 1.70 bits per heavy atom. The molecule has 0 bridgehead atoms. The zero-order valence-corrected chi connectivity index (χ0v) is 14.4. The van der Waals surface area contributed by atoms with E-state index >= 15 is 0 Å². The second-order valence-electron chi connectivity index (χ2n) is 4.88. The molecule has 0 unspecified atom stereocenters. The zero-order chi connectivity index (χ0) is 16.1. The number of carbonyl (C=O) groups is 1.